The molecule has 0 aliphatic carbocycles. The Labute approximate surface area is 160 Å². The number of amides is 1. The van der Waals surface area contributed by atoms with E-state index in [9.17, 15) is 9.90 Å². The van der Waals surface area contributed by atoms with Crippen molar-refractivity contribution in [1.29, 1.82) is 0 Å². The minimum absolute atomic E-state index is 0.0337. The minimum atomic E-state index is -0.625. The zero-order valence-electron chi connectivity index (χ0n) is 15.9. The summed E-state index contributed by atoms with van der Waals surface area (Å²) in [6.45, 7) is 5.32. The lowest BCUT2D eigenvalue weighted by atomic mass is 10.1. The van der Waals surface area contributed by atoms with Crippen LogP contribution in [-0.4, -0.2) is 41.3 Å². The summed E-state index contributed by atoms with van der Waals surface area (Å²) in [5.41, 5.74) is 1.85. The van der Waals surface area contributed by atoms with Gasteiger partial charge in [0, 0.05) is 25.3 Å². The summed E-state index contributed by atoms with van der Waals surface area (Å²) in [5, 5.41) is 10.1. The molecule has 1 fully saturated rings. The number of hydrogen-bond donors (Lipinski definition) is 1. The number of benzene rings is 2. The Bertz CT molecular complexity index is 753. The molecule has 2 unspecified atom stereocenters. The van der Waals surface area contributed by atoms with Gasteiger partial charge in [0.05, 0.1) is 6.10 Å². The maximum atomic E-state index is 13.1. The van der Waals surface area contributed by atoms with E-state index >= 15 is 0 Å². The molecule has 0 bridgehead atoms. The number of para-hydroxylation sites is 1. The Morgan fingerprint density at radius 2 is 2.00 bits per heavy atom. The molecule has 3 rings (SSSR count). The zero-order valence-corrected chi connectivity index (χ0v) is 15.9. The van der Waals surface area contributed by atoms with Crippen molar-refractivity contribution in [3.63, 3.8) is 0 Å². The van der Waals surface area contributed by atoms with Crippen molar-refractivity contribution in [2.45, 2.75) is 45.4 Å². The number of rotatable bonds is 7. The van der Waals surface area contributed by atoms with Crippen LogP contribution in [0.2, 0.25) is 0 Å². The maximum absolute atomic E-state index is 13.1. The minimum Gasteiger partial charge on any atom is -0.508 e. The van der Waals surface area contributed by atoms with E-state index < -0.39 is 6.10 Å². The number of carbonyl (C=O) groups excluding carboxylic acids is 1. The van der Waals surface area contributed by atoms with Crippen molar-refractivity contribution in [2.24, 2.45) is 0 Å². The zero-order chi connectivity index (χ0) is 19.2. The molecule has 27 heavy (non-hydrogen) atoms. The van der Waals surface area contributed by atoms with Crippen LogP contribution >= 0.6 is 0 Å². The number of carbonyl (C=O) groups is 1. The molecule has 0 radical (unpaired) electrons. The summed E-state index contributed by atoms with van der Waals surface area (Å²) < 4.78 is 11.6. The van der Waals surface area contributed by atoms with Crippen molar-refractivity contribution in [2.75, 3.05) is 13.2 Å². The number of aryl methyl sites for hydroxylation is 1. The van der Waals surface area contributed by atoms with E-state index in [2.05, 4.69) is 0 Å². The maximum Gasteiger partial charge on any atom is 0.263 e. The molecule has 1 N–H and O–H groups in total. The first kappa shape index (κ1) is 19.2. The smallest absolute Gasteiger partial charge is 0.263 e. The predicted molar refractivity (Wildman–Crippen MR) is 104 cm³/mol. The van der Waals surface area contributed by atoms with Crippen LogP contribution in [0.4, 0.5) is 0 Å². The summed E-state index contributed by atoms with van der Waals surface area (Å²) in [7, 11) is 0. The van der Waals surface area contributed by atoms with Crippen LogP contribution < -0.4 is 4.74 Å². The molecular formula is C22H27NO4. The summed E-state index contributed by atoms with van der Waals surface area (Å²) in [6, 6.07) is 14.7. The quantitative estimate of drug-likeness (QED) is 0.809. The molecule has 5 heteroatoms. The Hall–Kier alpha value is -2.53. The van der Waals surface area contributed by atoms with Crippen LogP contribution in [0.1, 0.15) is 30.9 Å². The monoisotopic (exact) mass is 369 g/mol. The topological polar surface area (TPSA) is 59.0 Å². The first-order valence-electron chi connectivity index (χ1n) is 9.43. The first-order valence-corrected chi connectivity index (χ1v) is 9.43. The second-order valence-electron chi connectivity index (χ2n) is 7.06. The Morgan fingerprint density at radius 3 is 2.67 bits per heavy atom. The molecule has 5 nitrogen and oxygen atoms in total. The fourth-order valence-corrected chi connectivity index (χ4v) is 3.25. The summed E-state index contributed by atoms with van der Waals surface area (Å²) in [5.74, 6) is 0.741. The number of ether oxygens (including phenoxy) is 2. The van der Waals surface area contributed by atoms with Crippen LogP contribution in [0.5, 0.6) is 11.5 Å². The molecular weight excluding hydrogens is 342 g/mol. The number of phenols is 1. The highest BCUT2D eigenvalue weighted by Crippen LogP contribution is 2.22. The molecule has 1 amide bonds. The lowest BCUT2D eigenvalue weighted by Gasteiger charge is -2.28. The van der Waals surface area contributed by atoms with Crippen molar-refractivity contribution in [1.82, 2.24) is 4.90 Å². The molecule has 2 atom stereocenters. The van der Waals surface area contributed by atoms with E-state index in [0.717, 1.165) is 25.0 Å². The fraction of sp³-hybridized carbons (Fsp3) is 0.409. The predicted octanol–water partition coefficient (Wildman–Crippen LogP) is 3.68. The Kier molecular flexibility index (Phi) is 6.35. The number of nitrogens with zero attached hydrogens (tertiary/aromatic N) is 1. The molecule has 0 spiro atoms. The molecule has 1 heterocycles. The second kappa shape index (κ2) is 8.91. The number of hydrogen-bond acceptors (Lipinski definition) is 4. The van der Waals surface area contributed by atoms with Gasteiger partial charge in [0.2, 0.25) is 0 Å². The molecule has 2 aromatic carbocycles. The third-order valence-corrected chi connectivity index (χ3v) is 4.79. The van der Waals surface area contributed by atoms with Gasteiger partial charge in [0.15, 0.2) is 6.10 Å². The summed E-state index contributed by atoms with van der Waals surface area (Å²) in [6.07, 6.45) is 1.36. The van der Waals surface area contributed by atoms with E-state index in [1.165, 1.54) is 0 Å². The lowest BCUT2D eigenvalue weighted by molar-refractivity contribution is -0.140. The first-order chi connectivity index (χ1) is 13.0. The van der Waals surface area contributed by atoms with Gasteiger partial charge in [-0.3, -0.25) is 4.79 Å². The van der Waals surface area contributed by atoms with Gasteiger partial charge < -0.3 is 19.5 Å². The van der Waals surface area contributed by atoms with Gasteiger partial charge in [0.1, 0.15) is 11.5 Å². The largest absolute Gasteiger partial charge is 0.508 e. The van der Waals surface area contributed by atoms with E-state index in [-0.39, 0.29) is 17.8 Å². The highest BCUT2D eigenvalue weighted by atomic mass is 16.5. The van der Waals surface area contributed by atoms with Crippen molar-refractivity contribution < 1.29 is 19.4 Å². The van der Waals surface area contributed by atoms with Crippen LogP contribution in [0, 0.1) is 6.92 Å². The van der Waals surface area contributed by atoms with Gasteiger partial charge in [-0.05, 0) is 44.9 Å². The molecule has 0 aromatic heterocycles. The number of phenolic OH excluding ortho intramolecular Hbond substituents is 1. The number of aromatic hydroxyl groups is 1. The van der Waals surface area contributed by atoms with E-state index in [0.29, 0.717) is 24.4 Å². The average molecular weight is 369 g/mol. The molecule has 0 saturated carbocycles. The third kappa shape index (κ3) is 5.23. The van der Waals surface area contributed by atoms with Crippen LogP contribution in [0.25, 0.3) is 0 Å². The van der Waals surface area contributed by atoms with Crippen molar-refractivity contribution >= 4 is 5.91 Å². The Balaban J connectivity index is 1.72. The normalized spacial score (nSPS) is 17.5. The highest BCUT2D eigenvalue weighted by molar-refractivity contribution is 5.81. The summed E-state index contributed by atoms with van der Waals surface area (Å²) in [4.78, 5) is 14.8. The molecule has 144 valence electrons. The third-order valence-electron chi connectivity index (χ3n) is 4.79. The fourth-order valence-electron chi connectivity index (χ4n) is 3.25. The van der Waals surface area contributed by atoms with Crippen LogP contribution in [-0.2, 0) is 16.1 Å². The van der Waals surface area contributed by atoms with Gasteiger partial charge in [0.25, 0.3) is 5.91 Å². The van der Waals surface area contributed by atoms with Crippen molar-refractivity contribution in [3.8, 4) is 11.5 Å². The molecule has 1 saturated heterocycles. The van der Waals surface area contributed by atoms with Gasteiger partial charge >= 0.3 is 0 Å². The van der Waals surface area contributed by atoms with E-state index in [1.807, 2.05) is 43.3 Å². The highest BCUT2D eigenvalue weighted by Gasteiger charge is 2.27. The van der Waals surface area contributed by atoms with E-state index in [4.69, 9.17) is 9.47 Å². The molecule has 1 aliphatic heterocycles. The standard InChI is InChI=1S/C22H27NO4/c1-16-9-11-19(12-10-16)27-17(2)22(25)23(15-20-7-5-13-26-20)14-18-6-3-4-8-21(18)24/h3-4,6,8-12,17,20,24H,5,7,13-15H2,1-2H3. The summed E-state index contributed by atoms with van der Waals surface area (Å²) >= 11 is 0. The van der Waals surface area contributed by atoms with Crippen molar-refractivity contribution in [3.05, 3.63) is 59.7 Å². The van der Waals surface area contributed by atoms with Gasteiger partial charge in [-0.15, -0.1) is 0 Å². The molecule has 2 aromatic rings. The second-order valence-corrected chi connectivity index (χ2v) is 7.06. The molecule has 1 aliphatic rings. The van der Waals surface area contributed by atoms with E-state index in [1.54, 1.807) is 24.0 Å². The van der Waals surface area contributed by atoms with Gasteiger partial charge in [-0.2, -0.15) is 0 Å². The SMILES string of the molecule is Cc1ccc(OC(C)C(=O)N(Cc2ccccc2O)CC2CCCO2)cc1. The average Bonchev–Trinajstić information content (AvgIpc) is 3.17. The van der Waals surface area contributed by atoms with Crippen LogP contribution in [0.3, 0.4) is 0 Å². The van der Waals surface area contributed by atoms with Gasteiger partial charge in [-0.25, -0.2) is 0 Å². The van der Waals surface area contributed by atoms with Crippen LogP contribution in [0.15, 0.2) is 48.5 Å². The Morgan fingerprint density at radius 1 is 1.26 bits per heavy atom. The lowest BCUT2D eigenvalue weighted by Crippen LogP contribution is -2.43. The van der Waals surface area contributed by atoms with Gasteiger partial charge in [-0.1, -0.05) is 35.9 Å².